The highest BCUT2D eigenvalue weighted by Crippen LogP contribution is 2.22. The predicted molar refractivity (Wildman–Crippen MR) is 97.5 cm³/mol. The summed E-state index contributed by atoms with van der Waals surface area (Å²) in [5.41, 5.74) is 1.86. The summed E-state index contributed by atoms with van der Waals surface area (Å²) < 4.78 is 0. The summed E-state index contributed by atoms with van der Waals surface area (Å²) in [7, 11) is 0. The molecule has 2 aromatic heterocycles. The van der Waals surface area contributed by atoms with Crippen LogP contribution >= 0.6 is 11.6 Å². The minimum atomic E-state index is -1.14. The quantitative estimate of drug-likeness (QED) is 0.566. The van der Waals surface area contributed by atoms with Gasteiger partial charge < -0.3 is 15.4 Å². The molecule has 0 aliphatic carbocycles. The molecule has 0 spiro atoms. The third kappa shape index (κ3) is 3.89. The summed E-state index contributed by atoms with van der Waals surface area (Å²) in [6.07, 6.45) is 0.336. The number of nitrogens with one attached hydrogen (secondary N) is 3. The number of rotatable bonds is 4. The molecule has 3 rings (SSSR count). The molecule has 0 saturated carbocycles. The third-order valence-corrected chi connectivity index (χ3v) is 3.86. The van der Waals surface area contributed by atoms with Gasteiger partial charge in [0.2, 0.25) is 0 Å². The number of aromatic amines is 1. The topological polar surface area (TPSA) is 107 Å². The molecule has 3 aromatic rings. The Hall–Kier alpha value is -3.06. The lowest BCUT2D eigenvalue weighted by Gasteiger charge is -2.16. The first-order valence-corrected chi connectivity index (χ1v) is 7.85. The van der Waals surface area contributed by atoms with Gasteiger partial charge in [-0.05, 0) is 37.3 Å². The van der Waals surface area contributed by atoms with Crippen molar-refractivity contribution in [3.8, 4) is 0 Å². The first-order chi connectivity index (χ1) is 11.9. The number of nitrogens with zero attached hydrogens (tertiary/aromatic N) is 1. The van der Waals surface area contributed by atoms with Crippen LogP contribution in [0.15, 0.2) is 47.4 Å². The average molecular weight is 359 g/mol. The minimum Gasteiger partial charge on any atom is -0.465 e. The van der Waals surface area contributed by atoms with E-state index >= 15 is 0 Å². The van der Waals surface area contributed by atoms with Crippen molar-refractivity contribution < 1.29 is 9.90 Å². The van der Waals surface area contributed by atoms with Crippen molar-refractivity contribution in [2.75, 3.05) is 10.6 Å². The fourth-order valence-corrected chi connectivity index (χ4v) is 2.71. The van der Waals surface area contributed by atoms with E-state index in [9.17, 15) is 9.59 Å². The molecule has 0 saturated heterocycles. The molecule has 128 valence electrons. The molecular weight excluding hydrogens is 344 g/mol. The van der Waals surface area contributed by atoms with Gasteiger partial charge >= 0.3 is 6.09 Å². The van der Waals surface area contributed by atoms with E-state index in [1.807, 2.05) is 6.92 Å². The second-order valence-electron chi connectivity index (χ2n) is 5.52. The molecule has 0 bridgehead atoms. The van der Waals surface area contributed by atoms with Gasteiger partial charge in [0, 0.05) is 28.5 Å². The SMILES string of the molecule is CC(Nc1cccc(NC(=O)O)c1)c1cc2cc(Cl)cnc2[nH]c1=O. The second kappa shape index (κ2) is 6.82. The summed E-state index contributed by atoms with van der Waals surface area (Å²) in [5, 5.41) is 15.5. The molecule has 25 heavy (non-hydrogen) atoms. The van der Waals surface area contributed by atoms with Crippen molar-refractivity contribution in [3.63, 3.8) is 0 Å². The number of carbonyl (C=O) groups is 1. The molecule has 0 aliphatic rings. The Labute approximate surface area is 147 Å². The van der Waals surface area contributed by atoms with Crippen LogP contribution in [0.2, 0.25) is 5.02 Å². The third-order valence-electron chi connectivity index (χ3n) is 3.65. The number of pyridine rings is 2. The number of amides is 1. The average Bonchev–Trinajstić information content (AvgIpc) is 2.54. The maximum atomic E-state index is 12.3. The molecule has 2 heterocycles. The fourth-order valence-electron chi connectivity index (χ4n) is 2.54. The monoisotopic (exact) mass is 358 g/mol. The Kier molecular flexibility index (Phi) is 4.58. The van der Waals surface area contributed by atoms with E-state index in [-0.39, 0.29) is 11.6 Å². The molecule has 8 heteroatoms. The first kappa shape index (κ1) is 16.8. The van der Waals surface area contributed by atoms with Crippen LogP contribution in [0.25, 0.3) is 11.0 Å². The molecule has 1 aromatic carbocycles. The van der Waals surface area contributed by atoms with E-state index in [1.165, 1.54) is 6.20 Å². The van der Waals surface area contributed by atoms with Gasteiger partial charge in [-0.1, -0.05) is 17.7 Å². The Morgan fingerprint density at radius 1 is 1.28 bits per heavy atom. The Morgan fingerprint density at radius 3 is 2.80 bits per heavy atom. The standard InChI is InChI=1S/C17H15ClN4O3/c1-9(20-12-3-2-4-13(7-12)21-17(24)25)14-6-10-5-11(18)8-19-15(10)22-16(14)23/h2-9,20-21H,1H3,(H,24,25)(H,19,22,23). The van der Waals surface area contributed by atoms with Gasteiger partial charge in [-0.3, -0.25) is 10.1 Å². The normalized spacial score (nSPS) is 11.9. The molecule has 1 amide bonds. The number of hydrogen-bond donors (Lipinski definition) is 4. The van der Waals surface area contributed by atoms with Crippen LogP contribution in [0.4, 0.5) is 16.2 Å². The van der Waals surface area contributed by atoms with Crippen molar-refractivity contribution in [1.82, 2.24) is 9.97 Å². The van der Waals surface area contributed by atoms with Crippen LogP contribution in [-0.2, 0) is 0 Å². The minimum absolute atomic E-state index is 0.248. The van der Waals surface area contributed by atoms with Crippen LogP contribution in [-0.4, -0.2) is 21.2 Å². The molecule has 1 unspecified atom stereocenters. The van der Waals surface area contributed by atoms with Crippen LogP contribution in [0.1, 0.15) is 18.5 Å². The molecule has 0 radical (unpaired) electrons. The van der Waals surface area contributed by atoms with Crippen molar-refractivity contribution in [2.45, 2.75) is 13.0 Å². The molecular formula is C17H15ClN4O3. The van der Waals surface area contributed by atoms with Gasteiger partial charge in [0.25, 0.3) is 5.56 Å². The zero-order chi connectivity index (χ0) is 18.0. The molecule has 1 atom stereocenters. The maximum Gasteiger partial charge on any atom is 0.409 e. The summed E-state index contributed by atoms with van der Waals surface area (Å²) in [5.74, 6) is 0. The van der Waals surface area contributed by atoms with Gasteiger partial charge in [-0.15, -0.1) is 0 Å². The number of benzene rings is 1. The van der Waals surface area contributed by atoms with E-state index in [1.54, 1.807) is 36.4 Å². The maximum absolute atomic E-state index is 12.3. The van der Waals surface area contributed by atoms with Crippen molar-refractivity contribution in [1.29, 1.82) is 0 Å². The fraction of sp³-hybridized carbons (Fsp3) is 0.118. The van der Waals surface area contributed by atoms with E-state index in [0.717, 1.165) is 5.39 Å². The summed E-state index contributed by atoms with van der Waals surface area (Å²) in [4.78, 5) is 29.9. The van der Waals surface area contributed by atoms with E-state index < -0.39 is 6.09 Å². The largest absolute Gasteiger partial charge is 0.465 e. The van der Waals surface area contributed by atoms with Crippen LogP contribution in [0.5, 0.6) is 0 Å². The zero-order valence-electron chi connectivity index (χ0n) is 13.2. The van der Waals surface area contributed by atoms with Crippen LogP contribution in [0, 0.1) is 0 Å². The number of anilines is 2. The number of aromatic nitrogens is 2. The molecule has 7 nitrogen and oxygen atoms in total. The van der Waals surface area contributed by atoms with Crippen LogP contribution < -0.4 is 16.2 Å². The van der Waals surface area contributed by atoms with Crippen molar-refractivity contribution in [3.05, 3.63) is 63.5 Å². The number of halogens is 1. The van der Waals surface area contributed by atoms with Crippen LogP contribution in [0.3, 0.4) is 0 Å². The number of H-pyrrole nitrogens is 1. The van der Waals surface area contributed by atoms with E-state index in [4.69, 9.17) is 16.7 Å². The summed E-state index contributed by atoms with van der Waals surface area (Å²) in [6, 6.07) is 9.95. The highest BCUT2D eigenvalue weighted by atomic mass is 35.5. The lowest BCUT2D eigenvalue weighted by atomic mass is 10.1. The van der Waals surface area contributed by atoms with Crippen molar-refractivity contribution >= 4 is 40.1 Å². The highest BCUT2D eigenvalue weighted by molar-refractivity contribution is 6.31. The zero-order valence-corrected chi connectivity index (χ0v) is 14.0. The summed E-state index contributed by atoms with van der Waals surface area (Å²) in [6.45, 7) is 1.84. The first-order valence-electron chi connectivity index (χ1n) is 7.47. The van der Waals surface area contributed by atoms with Gasteiger partial charge in [-0.2, -0.15) is 0 Å². The predicted octanol–water partition coefficient (Wildman–Crippen LogP) is 3.84. The Balaban J connectivity index is 1.89. The Bertz CT molecular complexity index is 1000. The summed E-state index contributed by atoms with van der Waals surface area (Å²) >= 11 is 5.95. The van der Waals surface area contributed by atoms with Gasteiger partial charge in [0.05, 0.1) is 11.1 Å². The molecule has 0 aliphatic heterocycles. The lowest BCUT2D eigenvalue weighted by molar-refractivity contribution is 0.210. The number of fused-ring (bicyclic) bond motifs is 1. The molecule has 0 fully saturated rings. The smallest absolute Gasteiger partial charge is 0.409 e. The highest BCUT2D eigenvalue weighted by Gasteiger charge is 2.12. The van der Waals surface area contributed by atoms with Crippen molar-refractivity contribution in [2.24, 2.45) is 0 Å². The van der Waals surface area contributed by atoms with E-state index in [0.29, 0.717) is 27.6 Å². The van der Waals surface area contributed by atoms with E-state index in [2.05, 4.69) is 20.6 Å². The second-order valence-corrected chi connectivity index (χ2v) is 5.96. The lowest BCUT2D eigenvalue weighted by Crippen LogP contribution is -2.19. The van der Waals surface area contributed by atoms with Gasteiger partial charge in [0.15, 0.2) is 0 Å². The number of hydrogen-bond acceptors (Lipinski definition) is 4. The van der Waals surface area contributed by atoms with Gasteiger partial charge in [-0.25, -0.2) is 9.78 Å². The van der Waals surface area contributed by atoms with Gasteiger partial charge in [0.1, 0.15) is 5.65 Å². The Morgan fingerprint density at radius 2 is 2.04 bits per heavy atom. The number of carboxylic acid groups (broad SMARTS) is 1. The molecule has 4 N–H and O–H groups in total.